The summed E-state index contributed by atoms with van der Waals surface area (Å²) in [5.74, 6) is 0.623. The van der Waals surface area contributed by atoms with Crippen molar-refractivity contribution in [1.29, 1.82) is 0 Å². The number of hydrogen-bond donors (Lipinski definition) is 2. The Bertz CT molecular complexity index is 843. The average Bonchev–Trinajstić information content (AvgIpc) is 2.69. The van der Waals surface area contributed by atoms with Gasteiger partial charge in [-0.1, -0.05) is 12.7 Å². The summed E-state index contributed by atoms with van der Waals surface area (Å²) in [5, 5.41) is 12.2. The lowest BCUT2D eigenvalue weighted by Gasteiger charge is -2.30. The minimum absolute atomic E-state index is 0.115. The summed E-state index contributed by atoms with van der Waals surface area (Å²) in [6, 6.07) is 6.54. The first kappa shape index (κ1) is 18.5. The SMILES string of the molecule is C=Cc1cnc(Nc2ccc(S(=O)(=O)N3CCC(CO)CC3)cc2)nc1. The number of piperidine rings is 1. The molecule has 0 bridgehead atoms. The van der Waals surface area contributed by atoms with E-state index in [9.17, 15) is 13.5 Å². The molecular weight excluding hydrogens is 352 g/mol. The number of sulfonamides is 1. The lowest BCUT2D eigenvalue weighted by molar-refractivity contribution is 0.170. The van der Waals surface area contributed by atoms with Gasteiger partial charge in [0.05, 0.1) is 4.90 Å². The largest absolute Gasteiger partial charge is 0.396 e. The molecule has 3 rings (SSSR count). The molecule has 0 radical (unpaired) electrons. The van der Waals surface area contributed by atoms with Gasteiger partial charge in [0.15, 0.2) is 0 Å². The van der Waals surface area contributed by atoms with E-state index in [1.807, 2.05) is 0 Å². The number of nitrogens with zero attached hydrogens (tertiary/aromatic N) is 3. The molecule has 7 nitrogen and oxygen atoms in total. The number of aliphatic hydroxyl groups excluding tert-OH is 1. The van der Waals surface area contributed by atoms with Crippen molar-refractivity contribution in [1.82, 2.24) is 14.3 Å². The van der Waals surface area contributed by atoms with Gasteiger partial charge in [0, 0.05) is 43.3 Å². The van der Waals surface area contributed by atoms with Crippen molar-refractivity contribution in [3.8, 4) is 0 Å². The van der Waals surface area contributed by atoms with Crippen LogP contribution in [-0.4, -0.2) is 47.5 Å². The minimum atomic E-state index is -3.51. The first-order chi connectivity index (χ1) is 12.5. The van der Waals surface area contributed by atoms with E-state index < -0.39 is 10.0 Å². The van der Waals surface area contributed by atoms with Crippen LogP contribution in [0.1, 0.15) is 18.4 Å². The molecule has 1 aliphatic heterocycles. The monoisotopic (exact) mass is 374 g/mol. The summed E-state index contributed by atoms with van der Waals surface area (Å²) in [5.41, 5.74) is 1.52. The highest BCUT2D eigenvalue weighted by atomic mass is 32.2. The molecule has 2 N–H and O–H groups in total. The second-order valence-electron chi connectivity index (χ2n) is 6.22. The highest BCUT2D eigenvalue weighted by molar-refractivity contribution is 7.89. The Morgan fingerprint density at radius 3 is 2.35 bits per heavy atom. The Kier molecular flexibility index (Phi) is 5.65. The van der Waals surface area contributed by atoms with Crippen molar-refractivity contribution < 1.29 is 13.5 Å². The maximum absolute atomic E-state index is 12.7. The lowest BCUT2D eigenvalue weighted by atomic mass is 10.00. The van der Waals surface area contributed by atoms with Crippen molar-refractivity contribution >= 4 is 27.7 Å². The molecular formula is C18H22N4O3S. The van der Waals surface area contributed by atoms with E-state index in [4.69, 9.17) is 0 Å². The molecule has 8 heteroatoms. The number of aromatic nitrogens is 2. The third kappa shape index (κ3) is 4.09. The van der Waals surface area contributed by atoms with Gasteiger partial charge in [-0.25, -0.2) is 18.4 Å². The van der Waals surface area contributed by atoms with E-state index >= 15 is 0 Å². The summed E-state index contributed by atoms with van der Waals surface area (Å²) in [6.07, 6.45) is 6.34. The molecule has 26 heavy (non-hydrogen) atoms. The Morgan fingerprint density at radius 2 is 1.81 bits per heavy atom. The van der Waals surface area contributed by atoms with Crippen molar-refractivity contribution in [2.75, 3.05) is 25.0 Å². The van der Waals surface area contributed by atoms with Crippen molar-refractivity contribution in [3.63, 3.8) is 0 Å². The molecule has 138 valence electrons. The normalized spacial score (nSPS) is 16.3. The average molecular weight is 374 g/mol. The number of aliphatic hydroxyl groups is 1. The topological polar surface area (TPSA) is 95.4 Å². The van der Waals surface area contributed by atoms with E-state index in [2.05, 4.69) is 21.9 Å². The second-order valence-corrected chi connectivity index (χ2v) is 8.16. The Balaban J connectivity index is 1.69. The van der Waals surface area contributed by atoms with Gasteiger partial charge in [-0.05, 0) is 43.0 Å². The number of rotatable bonds is 6. The predicted octanol–water partition coefficient (Wildman–Crippen LogP) is 2.26. The van der Waals surface area contributed by atoms with Crippen LogP contribution in [0, 0.1) is 5.92 Å². The van der Waals surface area contributed by atoms with Gasteiger partial charge in [0.1, 0.15) is 0 Å². The summed E-state index contributed by atoms with van der Waals surface area (Å²) < 4.78 is 26.9. The fraction of sp³-hybridized carbons (Fsp3) is 0.333. The molecule has 0 saturated carbocycles. The maximum Gasteiger partial charge on any atom is 0.243 e. The molecule has 0 unspecified atom stereocenters. The van der Waals surface area contributed by atoms with E-state index in [-0.39, 0.29) is 17.4 Å². The molecule has 2 heterocycles. The summed E-state index contributed by atoms with van der Waals surface area (Å²) in [6.45, 7) is 4.65. The van der Waals surface area contributed by atoms with Crippen LogP contribution < -0.4 is 5.32 Å². The Labute approximate surface area is 153 Å². The molecule has 1 fully saturated rings. The number of hydrogen-bond acceptors (Lipinski definition) is 6. The number of nitrogens with one attached hydrogen (secondary N) is 1. The molecule has 0 aliphatic carbocycles. The zero-order chi connectivity index (χ0) is 18.6. The highest BCUT2D eigenvalue weighted by Crippen LogP contribution is 2.25. The zero-order valence-corrected chi connectivity index (χ0v) is 15.2. The van der Waals surface area contributed by atoms with Crippen LogP contribution in [0.2, 0.25) is 0 Å². The van der Waals surface area contributed by atoms with Gasteiger partial charge in [-0.2, -0.15) is 4.31 Å². The fourth-order valence-electron chi connectivity index (χ4n) is 2.83. The van der Waals surface area contributed by atoms with Gasteiger partial charge in [0.2, 0.25) is 16.0 Å². The Hall–Kier alpha value is -2.29. The van der Waals surface area contributed by atoms with Crippen LogP contribution in [-0.2, 0) is 10.0 Å². The van der Waals surface area contributed by atoms with Crippen LogP contribution in [0.3, 0.4) is 0 Å². The number of anilines is 2. The smallest absolute Gasteiger partial charge is 0.243 e. The Morgan fingerprint density at radius 1 is 1.19 bits per heavy atom. The first-order valence-corrected chi connectivity index (χ1v) is 9.89. The highest BCUT2D eigenvalue weighted by Gasteiger charge is 2.29. The van der Waals surface area contributed by atoms with Gasteiger partial charge < -0.3 is 10.4 Å². The van der Waals surface area contributed by atoms with Crippen LogP contribution in [0.5, 0.6) is 0 Å². The van der Waals surface area contributed by atoms with Crippen molar-refractivity contribution in [2.45, 2.75) is 17.7 Å². The first-order valence-electron chi connectivity index (χ1n) is 8.45. The van der Waals surface area contributed by atoms with Crippen molar-refractivity contribution in [2.24, 2.45) is 5.92 Å². The standard InChI is InChI=1S/C18H22N4O3S/c1-2-14-11-19-18(20-12-14)21-16-3-5-17(6-4-16)26(24,25)22-9-7-15(13-23)8-10-22/h2-6,11-12,15,23H,1,7-10,13H2,(H,19,20,21). The predicted molar refractivity (Wildman–Crippen MR) is 100 cm³/mol. The van der Waals surface area contributed by atoms with E-state index in [0.717, 1.165) is 5.56 Å². The number of benzene rings is 1. The van der Waals surface area contributed by atoms with Gasteiger partial charge in [-0.15, -0.1) is 0 Å². The maximum atomic E-state index is 12.7. The van der Waals surface area contributed by atoms with Crippen LogP contribution >= 0.6 is 0 Å². The molecule has 0 spiro atoms. The molecule has 2 aromatic rings. The molecule has 0 amide bonds. The second kappa shape index (κ2) is 7.94. The van der Waals surface area contributed by atoms with Gasteiger partial charge in [-0.3, -0.25) is 0 Å². The summed E-state index contributed by atoms with van der Waals surface area (Å²) >= 11 is 0. The third-order valence-electron chi connectivity index (χ3n) is 4.49. The van der Waals surface area contributed by atoms with Crippen LogP contribution in [0.15, 0.2) is 48.1 Å². The van der Waals surface area contributed by atoms with Crippen LogP contribution in [0.25, 0.3) is 6.08 Å². The molecule has 0 atom stereocenters. The van der Waals surface area contributed by atoms with Crippen LogP contribution in [0.4, 0.5) is 11.6 Å². The van der Waals surface area contributed by atoms with Gasteiger partial charge >= 0.3 is 0 Å². The molecule has 1 saturated heterocycles. The van der Waals surface area contributed by atoms with Crippen molar-refractivity contribution in [3.05, 3.63) is 48.8 Å². The molecule has 1 aliphatic rings. The van der Waals surface area contributed by atoms with E-state index in [1.54, 1.807) is 42.7 Å². The summed E-state index contributed by atoms with van der Waals surface area (Å²) in [4.78, 5) is 8.59. The minimum Gasteiger partial charge on any atom is -0.396 e. The van der Waals surface area contributed by atoms with E-state index in [0.29, 0.717) is 37.6 Å². The van der Waals surface area contributed by atoms with Gasteiger partial charge in [0.25, 0.3) is 0 Å². The third-order valence-corrected chi connectivity index (χ3v) is 6.40. The molecule has 1 aromatic heterocycles. The van der Waals surface area contributed by atoms with E-state index in [1.165, 1.54) is 4.31 Å². The molecule has 1 aromatic carbocycles. The zero-order valence-electron chi connectivity index (χ0n) is 14.4. The quantitative estimate of drug-likeness (QED) is 0.805. The fourth-order valence-corrected chi connectivity index (χ4v) is 4.30. The summed E-state index contributed by atoms with van der Waals surface area (Å²) in [7, 11) is -3.51. The lowest BCUT2D eigenvalue weighted by Crippen LogP contribution is -2.39.